The number of carbonyl (C=O) groups excluding carboxylic acids is 2. The van der Waals surface area contributed by atoms with Crippen molar-refractivity contribution in [3.63, 3.8) is 0 Å². The minimum absolute atomic E-state index is 0.0560. The first-order valence-corrected chi connectivity index (χ1v) is 10.9. The van der Waals surface area contributed by atoms with Crippen LogP contribution in [0.5, 0.6) is 5.75 Å². The van der Waals surface area contributed by atoms with Gasteiger partial charge in [-0.3, -0.25) is 4.79 Å². The van der Waals surface area contributed by atoms with E-state index < -0.39 is 11.9 Å². The summed E-state index contributed by atoms with van der Waals surface area (Å²) in [6, 6.07) is 17.1. The van der Waals surface area contributed by atoms with Crippen molar-refractivity contribution in [3.8, 4) is 5.75 Å². The molecule has 0 saturated carbocycles. The molecule has 2 aromatic carbocycles. The van der Waals surface area contributed by atoms with Crippen LogP contribution < -0.4 is 10.1 Å². The topological polar surface area (TPSA) is 64.6 Å². The van der Waals surface area contributed by atoms with Gasteiger partial charge in [0, 0.05) is 29.0 Å². The summed E-state index contributed by atoms with van der Waals surface area (Å²) >= 11 is 0. The van der Waals surface area contributed by atoms with Crippen molar-refractivity contribution in [1.29, 1.82) is 0 Å². The molecule has 0 spiro atoms. The van der Waals surface area contributed by atoms with Crippen LogP contribution in [0.25, 0.3) is 0 Å². The molecule has 2 aliphatic rings. The molecular weight excluding hydrogens is 402 g/mol. The van der Waals surface area contributed by atoms with Crippen LogP contribution in [-0.4, -0.2) is 18.9 Å². The minimum Gasteiger partial charge on any atom is -0.496 e. The van der Waals surface area contributed by atoms with E-state index in [0.717, 1.165) is 23.2 Å². The Hall–Kier alpha value is -3.34. The summed E-state index contributed by atoms with van der Waals surface area (Å²) in [5, 5.41) is 3.37. The SMILES string of the molecule is COc1ccccc1C1C(C(=O)OCc2ccccc2)=C(C)NC2=C1C(=O)CC(C)(C)C2. The van der Waals surface area contributed by atoms with Gasteiger partial charge in [0.2, 0.25) is 0 Å². The standard InChI is InChI=1S/C27H29NO4/c1-17-23(26(30)32-16-18-10-6-5-7-11-18)24(19-12-8-9-13-22(19)31-4)25-20(28-17)14-27(2,3)15-21(25)29/h5-13,24,28H,14-16H2,1-4H3. The Morgan fingerprint density at radius 3 is 2.47 bits per heavy atom. The molecule has 0 radical (unpaired) electrons. The van der Waals surface area contributed by atoms with Gasteiger partial charge in [0.1, 0.15) is 12.4 Å². The molecule has 0 bridgehead atoms. The molecule has 166 valence electrons. The highest BCUT2D eigenvalue weighted by atomic mass is 16.5. The van der Waals surface area contributed by atoms with Crippen LogP contribution in [0.2, 0.25) is 0 Å². The molecule has 0 aromatic heterocycles. The van der Waals surface area contributed by atoms with Gasteiger partial charge in [-0.2, -0.15) is 0 Å². The van der Waals surface area contributed by atoms with E-state index in [-0.39, 0.29) is 17.8 Å². The number of benzene rings is 2. The summed E-state index contributed by atoms with van der Waals surface area (Å²) in [6.45, 7) is 6.23. The summed E-state index contributed by atoms with van der Waals surface area (Å²) in [5.74, 6) is -0.265. The highest BCUT2D eigenvalue weighted by molar-refractivity contribution is 6.04. The van der Waals surface area contributed by atoms with Gasteiger partial charge in [-0.1, -0.05) is 62.4 Å². The molecule has 5 heteroatoms. The van der Waals surface area contributed by atoms with Crippen molar-refractivity contribution in [1.82, 2.24) is 5.32 Å². The molecule has 4 rings (SSSR count). The lowest BCUT2D eigenvalue weighted by atomic mass is 9.68. The van der Waals surface area contributed by atoms with Gasteiger partial charge in [-0.25, -0.2) is 4.79 Å². The van der Waals surface area contributed by atoms with Crippen molar-refractivity contribution in [3.05, 3.63) is 88.3 Å². The van der Waals surface area contributed by atoms with Crippen LogP contribution in [0.15, 0.2) is 77.1 Å². The molecule has 1 N–H and O–H groups in total. The van der Waals surface area contributed by atoms with E-state index in [1.165, 1.54) is 0 Å². The van der Waals surface area contributed by atoms with Gasteiger partial charge in [0.25, 0.3) is 0 Å². The molecule has 0 saturated heterocycles. The van der Waals surface area contributed by atoms with Crippen molar-refractivity contribution < 1.29 is 19.1 Å². The first-order chi connectivity index (χ1) is 15.3. The van der Waals surface area contributed by atoms with Crippen molar-refractivity contribution in [2.24, 2.45) is 5.41 Å². The highest BCUT2D eigenvalue weighted by Crippen LogP contribution is 2.48. The molecule has 1 aliphatic heterocycles. The first-order valence-electron chi connectivity index (χ1n) is 10.9. The summed E-state index contributed by atoms with van der Waals surface area (Å²) in [4.78, 5) is 26.7. The van der Waals surface area contributed by atoms with E-state index in [0.29, 0.717) is 29.0 Å². The zero-order chi connectivity index (χ0) is 22.9. The average Bonchev–Trinajstić information content (AvgIpc) is 2.76. The van der Waals surface area contributed by atoms with Gasteiger partial charge < -0.3 is 14.8 Å². The van der Waals surface area contributed by atoms with E-state index in [1.54, 1.807) is 7.11 Å². The second kappa shape index (κ2) is 8.65. The third kappa shape index (κ3) is 4.20. The van der Waals surface area contributed by atoms with Crippen LogP contribution in [0.4, 0.5) is 0 Å². The fraction of sp³-hybridized carbons (Fsp3) is 0.333. The van der Waals surface area contributed by atoms with Gasteiger partial charge in [0.05, 0.1) is 18.6 Å². The van der Waals surface area contributed by atoms with Crippen LogP contribution >= 0.6 is 0 Å². The molecule has 1 aliphatic carbocycles. The molecular formula is C27H29NO4. The van der Waals surface area contributed by atoms with Crippen LogP contribution in [0, 0.1) is 5.41 Å². The lowest BCUT2D eigenvalue weighted by molar-refractivity contribution is -0.140. The van der Waals surface area contributed by atoms with Gasteiger partial charge in [-0.05, 0) is 30.4 Å². The number of hydrogen-bond donors (Lipinski definition) is 1. The lowest BCUT2D eigenvalue weighted by Gasteiger charge is -2.39. The molecule has 0 amide bonds. The second-order valence-electron chi connectivity index (χ2n) is 9.23. The number of hydrogen-bond acceptors (Lipinski definition) is 5. The molecule has 0 fully saturated rings. The number of nitrogens with one attached hydrogen (secondary N) is 1. The average molecular weight is 432 g/mol. The fourth-order valence-corrected chi connectivity index (χ4v) is 4.72. The van der Waals surface area contributed by atoms with Gasteiger partial charge in [-0.15, -0.1) is 0 Å². The number of dihydropyridines is 1. The highest BCUT2D eigenvalue weighted by Gasteiger charge is 2.43. The van der Waals surface area contributed by atoms with Crippen LogP contribution in [-0.2, 0) is 20.9 Å². The van der Waals surface area contributed by atoms with E-state index in [1.807, 2.05) is 61.5 Å². The fourth-order valence-electron chi connectivity index (χ4n) is 4.72. The van der Waals surface area contributed by atoms with Gasteiger partial charge in [0.15, 0.2) is 5.78 Å². The third-order valence-electron chi connectivity index (χ3n) is 6.12. The quantitative estimate of drug-likeness (QED) is 0.672. The number of esters is 1. The van der Waals surface area contributed by atoms with Crippen LogP contribution in [0.3, 0.4) is 0 Å². The maximum absolute atomic E-state index is 13.4. The Bertz CT molecular complexity index is 1110. The molecule has 1 unspecified atom stereocenters. The smallest absolute Gasteiger partial charge is 0.337 e. The molecule has 32 heavy (non-hydrogen) atoms. The Morgan fingerprint density at radius 2 is 1.75 bits per heavy atom. The normalized spacial score (nSPS) is 19.9. The van der Waals surface area contributed by atoms with Crippen molar-refractivity contribution >= 4 is 11.8 Å². The summed E-state index contributed by atoms with van der Waals surface area (Å²) in [5.41, 5.74) is 4.26. The summed E-state index contributed by atoms with van der Waals surface area (Å²) in [7, 11) is 1.60. The second-order valence-corrected chi connectivity index (χ2v) is 9.23. The van der Waals surface area contributed by atoms with Crippen LogP contribution in [0.1, 0.15) is 50.7 Å². The molecule has 5 nitrogen and oxygen atoms in total. The van der Waals surface area contributed by atoms with E-state index in [4.69, 9.17) is 9.47 Å². The number of allylic oxidation sites excluding steroid dienone is 3. The molecule has 1 atom stereocenters. The predicted molar refractivity (Wildman–Crippen MR) is 123 cm³/mol. The Kier molecular flexibility index (Phi) is 5.92. The third-order valence-corrected chi connectivity index (χ3v) is 6.12. The number of para-hydroxylation sites is 1. The zero-order valence-corrected chi connectivity index (χ0v) is 19.0. The first kappa shape index (κ1) is 21.9. The number of Topliss-reactive ketones (excluding diaryl/α,β-unsaturated/α-hetero) is 1. The van der Waals surface area contributed by atoms with E-state index in [2.05, 4.69) is 19.2 Å². The molecule has 2 aromatic rings. The zero-order valence-electron chi connectivity index (χ0n) is 19.0. The number of carbonyl (C=O) groups is 2. The number of rotatable bonds is 5. The summed E-state index contributed by atoms with van der Waals surface area (Å²) in [6.07, 6.45) is 1.17. The minimum atomic E-state index is -0.533. The molecule has 1 heterocycles. The number of ether oxygens (including phenoxy) is 2. The van der Waals surface area contributed by atoms with Crippen molar-refractivity contribution in [2.45, 2.75) is 46.1 Å². The Labute approximate surface area is 189 Å². The Morgan fingerprint density at radius 1 is 1.06 bits per heavy atom. The van der Waals surface area contributed by atoms with E-state index >= 15 is 0 Å². The largest absolute Gasteiger partial charge is 0.496 e. The van der Waals surface area contributed by atoms with E-state index in [9.17, 15) is 9.59 Å². The number of ketones is 1. The van der Waals surface area contributed by atoms with Crippen molar-refractivity contribution in [2.75, 3.05) is 7.11 Å². The maximum atomic E-state index is 13.4. The van der Waals surface area contributed by atoms with Gasteiger partial charge >= 0.3 is 5.97 Å². The monoisotopic (exact) mass is 431 g/mol. The predicted octanol–water partition coefficient (Wildman–Crippen LogP) is 5.04. The number of methoxy groups -OCH3 is 1. The lowest BCUT2D eigenvalue weighted by Crippen LogP contribution is -2.38. The maximum Gasteiger partial charge on any atom is 0.337 e. The summed E-state index contributed by atoms with van der Waals surface area (Å²) < 4.78 is 11.3. The Balaban J connectivity index is 1.77.